The first-order valence-electron chi connectivity index (χ1n) is 8.46. The quantitative estimate of drug-likeness (QED) is 0.550. The summed E-state index contributed by atoms with van der Waals surface area (Å²) >= 11 is 0. The molecule has 138 valence electrons. The molecule has 0 amide bonds. The van der Waals surface area contributed by atoms with E-state index in [1.165, 1.54) is 12.1 Å². The third-order valence-electron chi connectivity index (χ3n) is 4.35. The summed E-state index contributed by atoms with van der Waals surface area (Å²) in [7, 11) is 1.84. The minimum Gasteiger partial charge on any atom is -0.475 e. The number of nitro groups is 1. The van der Waals surface area contributed by atoms with Crippen molar-refractivity contribution in [2.24, 2.45) is 0 Å². The highest BCUT2D eigenvalue weighted by atomic mass is 16.6. The van der Waals surface area contributed by atoms with Crippen LogP contribution in [0.2, 0.25) is 0 Å². The van der Waals surface area contributed by atoms with Crippen LogP contribution >= 0.6 is 0 Å². The van der Waals surface area contributed by atoms with Crippen LogP contribution in [0.1, 0.15) is 13.8 Å². The van der Waals surface area contributed by atoms with Crippen LogP contribution in [0, 0.1) is 10.1 Å². The van der Waals surface area contributed by atoms with Crippen molar-refractivity contribution < 1.29 is 14.4 Å². The fraction of sp³-hybridized carbons (Fsp3) is 0.412. The number of hydrogen-bond acceptors (Lipinski definition) is 8. The first kappa shape index (κ1) is 17.9. The number of non-ortho nitro benzene ring substituents is 1. The molecule has 2 heterocycles. The largest absolute Gasteiger partial charge is 0.475 e. The number of aromatic nitrogens is 2. The molecule has 0 aliphatic carbocycles. The van der Waals surface area contributed by atoms with Crippen molar-refractivity contribution in [3.05, 3.63) is 34.4 Å². The number of rotatable bonds is 7. The Hall–Kier alpha value is -2.94. The maximum absolute atomic E-state index is 10.9. The monoisotopic (exact) mass is 359 g/mol. The molecule has 26 heavy (non-hydrogen) atoms. The van der Waals surface area contributed by atoms with Gasteiger partial charge in [0.15, 0.2) is 5.75 Å². The van der Waals surface area contributed by atoms with Gasteiger partial charge >= 0.3 is 0 Å². The summed E-state index contributed by atoms with van der Waals surface area (Å²) in [6.07, 6.45) is 0. The van der Waals surface area contributed by atoms with E-state index < -0.39 is 4.92 Å². The van der Waals surface area contributed by atoms with Gasteiger partial charge in [0.2, 0.25) is 5.88 Å². The van der Waals surface area contributed by atoms with Crippen molar-refractivity contribution in [1.82, 2.24) is 15.1 Å². The van der Waals surface area contributed by atoms with Gasteiger partial charge in [0, 0.05) is 25.7 Å². The number of nitrogens with zero attached hydrogens (tertiary/aromatic N) is 5. The zero-order valence-corrected chi connectivity index (χ0v) is 15.0. The van der Waals surface area contributed by atoms with E-state index in [0.29, 0.717) is 29.6 Å². The van der Waals surface area contributed by atoms with Crippen molar-refractivity contribution in [3.63, 3.8) is 0 Å². The van der Waals surface area contributed by atoms with Crippen LogP contribution in [0.25, 0.3) is 0 Å². The normalized spacial score (nSPS) is 12.4. The van der Waals surface area contributed by atoms with Crippen LogP contribution in [0.15, 0.2) is 24.3 Å². The van der Waals surface area contributed by atoms with Crippen molar-refractivity contribution in [3.8, 4) is 17.5 Å². The molecule has 0 bridgehead atoms. The average Bonchev–Trinajstić information content (AvgIpc) is 2.65. The molecular weight excluding hydrogens is 338 g/mol. The van der Waals surface area contributed by atoms with Crippen molar-refractivity contribution in [1.29, 1.82) is 0 Å². The predicted molar refractivity (Wildman–Crippen MR) is 96.5 cm³/mol. The fourth-order valence-corrected chi connectivity index (χ4v) is 2.77. The highest BCUT2D eigenvalue weighted by Gasteiger charge is 2.26. The van der Waals surface area contributed by atoms with Crippen LogP contribution in [-0.4, -0.2) is 53.3 Å². The third kappa shape index (κ3) is 3.52. The average molecular weight is 359 g/mol. The lowest BCUT2D eigenvalue weighted by Crippen LogP contribution is -2.28. The fourth-order valence-electron chi connectivity index (χ4n) is 2.77. The highest BCUT2D eigenvalue weighted by molar-refractivity contribution is 5.77. The van der Waals surface area contributed by atoms with Gasteiger partial charge in [-0.1, -0.05) is 13.8 Å². The van der Waals surface area contributed by atoms with Gasteiger partial charge in [-0.25, -0.2) is 0 Å². The minimum atomic E-state index is -0.461. The van der Waals surface area contributed by atoms with Crippen LogP contribution in [-0.2, 0) is 0 Å². The summed E-state index contributed by atoms with van der Waals surface area (Å²) in [6.45, 7) is 7.48. The van der Waals surface area contributed by atoms with Gasteiger partial charge in [0.05, 0.1) is 16.7 Å². The van der Waals surface area contributed by atoms with Crippen LogP contribution < -0.4 is 14.4 Å². The predicted octanol–water partition coefficient (Wildman–Crippen LogP) is 2.98. The zero-order valence-electron chi connectivity index (χ0n) is 15.0. The summed E-state index contributed by atoms with van der Waals surface area (Å²) in [5.74, 6) is 1.08. The second-order valence-corrected chi connectivity index (χ2v) is 5.82. The second kappa shape index (κ2) is 7.52. The first-order chi connectivity index (χ1) is 12.5. The molecule has 0 radical (unpaired) electrons. The molecule has 0 spiro atoms. The summed E-state index contributed by atoms with van der Waals surface area (Å²) in [5.41, 5.74) is 1.37. The van der Waals surface area contributed by atoms with Gasteiger partial charge in [-0.2, -0.15) is 0 Å². The van der Waals surface area contributed by atoms with E-state index in [1.807, 2.05) is 11.9 Å². The Bertz CT molecular complexity index is 810. The molecule has 0 unspecified atom stereocenters. The lowest BCUT2D eigenvalue weighted by Gasteiger charge is -2.28. The van der Waals surface area contributed by atoms with E-state index in [1.54, 1.807) is 12.1 Å². The Kier molecular flexibility index (Phi) is 5.17. The number of likely N-dealkylation sites (N-methyl/N-ethyl adjacent to an activating group) is 1. The molecule has 9 heteroatoms. The van der Waals surface area contributed by atoms with Gasteiger partial charge in [-0.15, -0.1) is 10.2 Å². The number of anilines is 2. The third-order valence-corrected chi connectivity index (χ3v) is 4.35. The Morgan fingerprint density at radius 3 is 2.69 bits per heavy atom. The van der Waals surface area contributed by atoms with Crippen molar-refractivity contribution in [2.75, 3.05) is 38.2 Å². The van der Waals surface area contributed by atoms with E-state index in [4.69, 9.17) is 9.47 Å². The van der Waals surface area contributed by atoms with Gasteiger partial charge in [0.25, 0.3) is 11.6 Å². The summed E-state index contributed by atoms with van der Waals surface area (Å²) < 4.78 is 11.4. The maximum atomic E-state index is 10.9. The molecule has 2 aromatic rings. The van der Waals surface area contributed by atoms with Gasteiger partial charge in [-0.3, -0.25) is 10.1 Å². The first-order valence-corrected chi connectivity index (χ1v) is 8.46. The van der Waals surface area contributed by atoms with Crippen LogP contribution in [0.5, 0.6) is 17.5 Å². The van der Waals surface area contributed by atoms with Gasteiger partial charge < -0.3 is 19.3 Å². The summed E-state index contributed by atoms with van der Waals surface area (Å²) in [5, 5.41) is 19.0. The number of fused-ring (bicyclic) bond motifs is 2. The molecule has 1 aliphatic heterocycles. The standard InChI is InChI=1S/C17H21N5O4/c1-4-21(5-2)8-9-25-16-11-14-17(19-18-16)26-15-10-12(22(23)24)6-7-13(15)20(14)3/h6-7,10-11H,4-5,8-9H2,1-3H3. The number of benzene rings is 1. The van der Waals surface area contributed by atoms with Gasteiger partial charge in [0.1, 0.15) is 12.3 Å². The topological polar surface area (TPSA) is 93.9 Å². The Morgan fingerprint density at radius 2 is 2.00 bits per heavy atom. The molecule has 1 aromatic heterocycles. The lowest BCUT2D eigenvalue weighted by molar-refractivity contribution is -0.384. The molecule has 9 nitrogen and oxygen atoms in total. The van der Waals surface area contributed by atoms with E-state index in [-0.39, 0.29) is 11.6 Å². The molecule has 3 rings (SSSR count). The lowest BCUT2D eigenvalue weighted by atomic mass is 10.2. The molecule has 0 N–H and O–H groups in total. The molecule has 1 aliphatic rings. The maximum Gasteiger partial charge on any atom is 0.273 e. The van der Waals surface area contributed by atoms with E-state index in [0.717, 1.165) is 19.6 Å². The minimum absolute atomic E-state index is 0.0371. The summed E-state index contributed by atoms with van der Waals surface area (Å²) in [6, 6.07) is 6.23. The molecular formula is C17H21N5O4. The van der Waals surface area contributed by atoms with E-state index in [2.05, 4.69) is 28.9 Å². The Labute approximate surface area is 151 Å². The molecule has 1 aromatic carbocycles. The molecule has 0 saturated heterocycles. The Morgan fingerprint density at radius 1 is 1.23 bits per heavy atom. The van der Waals surface area contributed by atoms with E-state index in [9.17, 15) is 10.1 Å². The number of ether oxygens (including phenoxy) is 2. The van der Waals surface area contributed by atoms with Crippen LogP contribution in [0.3, 0.4) is 0 Å². The van der Waals surface area contributed by atoms with Gasteiger partial charge in [-0.05, 0) is 19.2 Å². The zero-order chi connectivity index (χ0) is 18.7. The molecule has 0 fully saturated rings. The second-order valence-electron chi connectivity index (χ2n) is 5.82. The highest BCUT2D eigenvalue weighted by Crippen LogP contribution is 2.46. The number of nitro benzene ring substituents is 1. The van der Waals surface area contributed by atoms with Crippen molar-refractivity contribution >= 4 is 17.1 Å². The number of hydrogen-bond donors (Lipinski definition) is 0. The van der Waals surface area contributed by atoms with Crippen LogP contribution in [0.4, 0.5) is 17.1 Å². The Balaban J connectivity index is 1.76. The molecule has 0 saturated carbocycles. The van der Waals surface area contributed by atoms with E-state index >= 15 is 0 Å². The smallest absolute Gasteiger partial charge is 0.273 e. The SMILES string of the molecule is CCN(CC)CCOc1cc2c(nn1)Oc1cc([N+](=O)[O-])ccc1N2C. The molecule has 0 atom stereocenters. The van der Waals surface area contributed by atoms with Crippen molar-refractivity contribution in [2.45, 2.75) is 13.8 Å². The summed E-state index contributed by atoms with van der Waals surface area (Å²) in [4.78, 5) is 14.6.